The molecule has 3 rings (SSSR count). The van der Waals surface area contributed by atoms with Gasteiger partial charge in [0.2, 0.25) is 5.82 Å². The fourth-order valence-electron chi connectivity index (χ4n) is 4.48. The Balaban J connectivity index is 2.03. The van der Waals surface area contributed by atoms with Gasteiger partial charge >= 0.3 is 0 Å². The molecule has 1 aliphatic heterocycles. The van der Waals surface area contributed by atoms with Crippen LogP contribution in [0.3, 0.4) is 0 Å². The molecule has 0 aliphatic carbocycles. The van der Waals surface area contributed by atoms with E-state index in [-0.39, 0.29) is 16.7 Å². The molecule has 1 heterocycles. The largest absolute Gasteiger partial charge is 0.464 e. The van der Waals surface area contributed by atoms with E-state index in [1.807, 2.05) is 6.92 Å². The highest BCUT2D eigenvalue weighted by Gasteiger charge is 2.32. The second-order valence-electron chi connectivity index (χ2n) is 8.71. The van der Waals surface area contributed by atoms with Gasteiger partial charge in [0.25, 0.3) is 0 Å². The van der Waals surface area contributed by atoms with Crippen molar-refractivity contribution >= 4 is 0 Å². The third-order valence-corrected chi connectivity index (χ3v) is 6.25. The first-order chi connectivity index (χ1) is 16.3. The summed E-state index contributed by atoms with van der Waals surface area (Å²) in [7, 11) is 1.29. The Bertz CT molecular complexity index is 974. The van der Waals surface area contributed by atoms with Crippen LogP contribution in [0.5, 0.6) is 5.75 Å². The first-order valence-corrected chi connectivity index (χ1v) is 11.7. The van der Waals surface area contributed by atoms with Crippen LogP contribution in [0.2, 0.25) is 0 Å². The molecule has 1 aliphatic rings. The Kier molecular flexibility index (Phi) is 9.33. The van der Waals surface area contributed by atoms with Crippen LogP contribution in [0.1, 0.15) is 80.4 Å². The van der Waals surface area contributed by atoms with Crippen molar-refractivity contribution in [3.63, 3.8) is 0 Å². The van der Waals surface area contributed by atoms with Gasteiger partial charge in [-0.05, 0) is 43.2 Å². The van der Waals surface area contributed by atoms with E-state index in [9.17, 15) is 13.9 Å². The Hall–Kier alpha value is -2.16. The van der Waals surface area contributed by atoms with Crippen molar-refractivity contribution in [2.24, 2.45) is 5.92 Å². The van der Waals surface area contributed by atoms with E-state index < -0.39 is 53.6 Å². The molecule has 8 heteroatoms. The molecule has 34 heavy (non-hydrogen) atoms. The van der Waals surface area contributed by atoms with Crippen LogP contribution in [-0.2, 0) is 15.9 Å². The van der Waals surface area contributed by atoms with E-state index in [2.05, 4.69) is 6.92 Å². The Morgan fingerprint density at radius 3 is 2.38 bits per heavy atom. The topological polar surface area (TPSA) is 47.9 Å². The average Bonchev–Trinajstić information content (AvgIpc) is 2.83. The summed E-state index contributed by atoms with van der Waals surface area (Å²) in [6, 6.07) is 3.85. The Labute approximate surface area is 197 Å². The Morgan fingerprint density at radius 2 is 1.76 bits per heavy atom. The van der Waals surface area contributed by atoms with Gasteiger partial charge in [-0.2, -0.15) is 4.39 Å². The normalized spacial score (nSPS) is 19.3. The van der Waals surface area contributed by atoms with Crippen LogP contribution in [0, 0.1) is 29.2 Å². The molecular weight excluding hydrogens is 452 g/mol. The van der Waals surface area contributed by atoms with Crippen LogP contribution >= 0.6 is 0 Å². The van der Waals surface area contributed by atoms with Gasteiger partial charge in [0.05, 0.1) is 12.7 Å². The second kappa shape index (κ2) is 12.0. The molecule has 1 saturated heterocycles. The molecule has 1 fully saturated rings. The van der Waals surface area contributed by atoms with Crippen LogP contribution in [0.4, 0.5) is 17.6 Å². The molecule has 0 bridgehead atoms. The van der Waals surface area contributed by atoms with Gasteiger partial charge in [-0.1, -0.05) is 38.8 Å². The molecule has 3 atom stereocenters. The van der Waals surface area contributed by atoms with E-state index in [0.717, 1.165) is 19.3 Å². The zero-order valence-electron chi connectivity index (χ0n) is 19.8. The fourth-order valence-corrected chi connectivity index (χ4v) is 4.48. The van der Waals surface area contributed by atoms with Gasteiger partial charge in [-0.15, -0.1) is 0 Å². The van der Waals surface area contributed by atoms with Gasteiger partial charge in [-0.25, -0.2) is 13.2 Å². The van der Waals surface area contributed by atoms with Gasteiger partial charge in [-0.3, -0.25) is 0 Å². The zero-order valence-corrected chi connectivity index (χ0v) is 19.8. The van der Waals surface area contributed by atoms with Crippen molar-refractivity contribution in [3.05, 3.63) is 63.7 Å². The number of methoxy groups -OCH3 is 1. The summed E-state index contributed by atoms with van der Waals surface area (Å²) in [6.45, 7) is 3.89. The molecular formula is C26H32F4O4. The lowest BCUT2D eigenvalue weighted by Gasteiger charge is -2.30. The third-order valence-electron chi connectivity index (χ3n) is 6.25. The summed E-state index contributed by atoms with van der Waals surface area (Å²) in [5, 5.41) is 11.0. The first-order valence-electron chi connectivity index (χ1n) is 11.7. The molecule has 4 nitrogen and oxygen atoms in total. The molecule has 0 radical (unpaired) electrons. The average molecular weight is 485 g/mol. The molecule has 3 unspecified atom stereocenters. The monoisotopic (exact) mass is 484 g/mol. The number of aliphatic hydroxyl groups excluding tert-OH is 1. The van der Waals surface area contributed by atoms with Crippen molar-refractivity contribution in [2.75, 3.05) is 20.5 Å². The number of hydrogen-bond acceptors (Lipinski definition) is 4. The molecule has 0 spiro atoms. The number of hydrogen-bond donors (Lipinski definition) is 1. The quantitative estimate of drug-likeness (QED) is 0.308. The Morgan fingerprint density at radius 1 is 1.00 bits per heavy atom. The maximum Gasteiger partial charge on any atom is 0.201 e. The van der Waals surface area contributed by atoms with Crippen LogP contribution in [0.15, 0.2) is 18.2 Å². The minimum Gasteiger partial charge on any atom is -0.464 e. The number of halogens is 4. The lowest BCUT2D eigenvalue weighted by molar-refractivity contribution is -0.0217. The number of rotatable bonds is 10. The van der Waals surface area contributed by atoms with E-state index in [1.54, 1.807) is 0 Å². The van der Waals surface area contributed by atoms with Crippen molar-refractivity contribution in [1.29, 1.82) is 0 Å². The molecule has 0 saturated carbocycles. The van der Waals surface area contributed by atoms with Crippen LogP contribution in [-0.4, -0.2) is 25.6 Å². The minimum atomic E-state index is -1.80. The van der Waals surface area contributed by atoms with Crippen molar-refractivity contribution in [1.82, 2.24) is 0 Å². The first kappa shape index (κ1) is 26.4. The number of aliphatic hydroxyl groups is 1. The molecule has 1 N–H and O–H groups in total. The van der Waals surface area contributed by atoms with Crippen LogP contribution in [0.25, 0.3) is 0 Å². The fraction of sp³-hybridized carbons (Fsp3) is 0.538. The van der Waals surface area contributed by atoms with E-state index in [0.29, 0.717) is 31.8 Å². The lowest BCUT2D eigenvalue weighted by atomic mass is 9.89. The summed E-state index contributed by atoms with van der Waals surface area (Å²) in [5.74, 6) is -5.08. The van der Waals surface area contributed by atoms with Gasteiger partial charge in [0, 0.05) is 23.8 Å². The number of benzene rings is 2. The highest BCUT2D eigenvalue weighted by atomic mass is 19.2. The minimum absolute atomic E-state index is 0.0882. The van der Waals surface area contributed by atoms with Gasteiger partial charge in [0.1, 0.15) is 6.10 Å². The predicted molar refractivity (Wildman–Crippen MR) is 120 cm³/mol. The standard InChI is InChI=1S/C26H32F4O4/c1-4-6-15-8-11-20(33-13-15)18-12-19(26(34-14-32-3)24(30)23(18)29)25(31)17-10-9-16(7-5-2)21(27)22(17)28/h9-10,12,15,20,25,31H,4-8,11,13-14H2,1-3H3. The van der Waals surface area contributed by atoms with E-state index in [4.69, 9.17) is 14.2 Å². The second-order valence-corrected chi connectivity index (χ2v) is 8.71. The van der Waals surface area contributed by atoms with Crippen molar-refractivity contribution in [2.45, 2.75) is 64.6 Å². The maximum absolute atomic E-state index is 15.1. The highest BCUT2D eigenvalue weighted by Crippen LogP contribution is 2.41. The van der Waals surface area contributed by atoms with Crippen LogP contribution < -0.4 is 4.74 Å². The maximum atomic E-state index is 15.1. The molecule has 0 aromatic heterocycles. The number of aryl methyl sites for hydroxylation is 1. The SMILES string of the molecule is CCCc1ccc(C(O)c2cc(C3CCC(CCC)CO3)c(F)c(F)c2OCOC)c(F)c1F. The van der Waals surface area contributed by atoms with Crippen molar-refractivity contribution in [3.8, 4) is 5.75 Å². The molecule has 188 valence electrons. The molecule has 2 aromatic carbocycles. The zero-order chi connectivity index (χ0) is 24.8. The summed E-state index contributed by atoms with van der Waals surface area (Å²) in [4.78, 5) is 0. The summed E-state index contributed by atoms with van der Waals surface area (Å²) in [5.41, 5.74) is -0.541. The lowest BCUT2D eigenvalue weighted by Crippen LogP contribution is -2.22. The third kappa shape index (κ3) is 5.56. The molecule has 2 aromatic rings. The van der Waals surface area contributed by atoms with Gasteiger partial charge < -0.3 is 19.3 Å². The van der Waals surface area contributed by atoms with Gasteiger partial charge in [0.15, 0.2) is 30.0 Å². The number of ether oxygens (including phenoxy) is 3. The van der Waals surface area contributed by atoms with E-state index >= 15 is 8.78 Å². The molecule has 0 amide bonds. The van der Waals surface area contributed by atoms with Crippen molar-refractivity contribution < 1.29 is 36.9 Å². The smallest absolute Gasteiger partial charge is 0.201 e. The predicted octanol–water partition coefficient (Wildman–Crippen LogP) is 6.53. The summed E-state index contributed by atoms with van der Waals surface area (Å²) >= 11 is 0. The highest BCUT2D eigenvalue weighted by molar-refractivity contribution is 5.46. The summed E-state index contributed by atoms with van der Waals surface area (Å²) in [6.07, 6.45) is 1.66. The van der Waals surface area contributed by atoms with E-state index in [1.165, 1.54) is 25.3 Å². The summed E-state index contributed by atoms with van der Waals surface area (Å²) < 4.78 is 75.4.